The van der Waals surface area contributed by atoms with Gasteiger partial charge >= 0.3 is 17.9 Å². The van der Waals surface area contributed by atoms with Gasteiger partial charge in [-0.15, -0.1) is 0 Å². The molecule has 0 aromatic carbocycles. The molecule has 840 valence electrons. The second kappa shape index (κ2) is 45.5. The molecule has 26 N–H and O–H groups in total. The predicted octanol–water partition coefficient (Wildman–Crippen LogP) is -9.45. The topological polar surface area (TPSA) is 780 Å². The maximum absolute atomic E-state index is 16.0. The Bertz CT molecular complexity index is 4360. The maximum Gasteiger partial charge on any atom is 0.321 e. The second-order valence-electron chi connectivity index (χ2n) is 44.9. The fourth-order valence-electron chi connectivity index (χ4n) is 25.6. The van der Waals surface area contributed by atoms with Crippen LogP contribution in [0.2, 0.25) is 0 Å². The molecule has 51 heteroatoms. The number of aliphatic hydroxyl groups excluding tert-OH is 25. The zero-order valence-electron chi connectivity index (χ0n) is 83.7. The molecule has 5 aliphatic carbocycles. The van der Waals surface area contributed by atoms with Gasteiger partial charge in [-0.25, -0.2) is 0 Å². The van der Waals surface area contributed by atoms with Gasteiger partial charge in [0.15, 0.2) is 68.8 Å². The summed E-state index contributed by atoms with van der Waals surface area (Å²) in [6.45, 7) is 17.7. The van der Waals surface area contributed by atoms with Crippen LogP contribution in [0, 0.1) is 50.2 Å². The van der Waals surface area contributed by atoms with Crippen molar-refractivity contribution in [3.63, 3.8) is 0 Å². The monoisotopic (exact) mass is 2110 g/mol. The van der Waals surface area contributed by atoms with Crippen molar-refractivity contribution < 1.29 is 251 Å². The maximum atomic E-state index is 16.0. The lowest BCUT2D eigenvalue weighted by molar-refractivity contribution is -0.403. The van der Waals surface area contributed by atoms with Gasteiger partial charge in [0.2, 0.25) is 6.29 Å². The summed E-state index contributed by atoms with van der Waals surface area (Å²) in [6.07, 6.45) is -80.2. The number of rotatable bonds is 30. The Morgan fingerprint density at radius 1 is 0.390 bits per heavy atom. The van der Waals surface area contributed by atoms with E-state index < -0.39 is 422 Å². The van der Waals surface area contributed by atoms with Crippen LogP contribution in [0.25, 0.3) is 0 Å². The molecule has 15 aliphatic rings. The third-order valence-electron chi connectivity index (χ3n) is 34.4. The van der Waals surface area contributed by atoms with Crippen molar-refractivity contribution in [1.29, 1.82) is 0 Å². The molecular weight excluding hydrogens is 1960 g/mol. The van der Waals surface area contributed by atoms with Crippen LogP contribution >= 0.6 is 0 Å². The average Bonchev–Trinajstić information content (AvgIpc) is 0.724. The summed E-state index contributed by atoms with van der Waals surface area (Å²) in [5.41, 5.74) is -6.79. The highest BCUT2D eigenvalue weighted by atomic mass is 16.8. The van der Waals surface area contributed by atoms with Crippen molar-refractivity contribution in [2.45, 2.75) is 467 Å². The van der Waals surface area contributed by atoms with Gasteiger partial charge in [0.1, 0.15) is 188 Å². The van der Waals surface area contributed by atoms with Crippen LogP contribution in [0.5, 0.6) is 0 Å². The summed E-state index contributed by atoms with van der Waals surface area (Å²) in [5, 5.41) is 291. The first kappa shape index (κ1) is 116. The molecule has 10 heterocycles. The van der Waals surface area contributed by atoms with Gasteiger partial charge in [-0.05, 0) is 144 Å². The van der Waals surface area contributed by atoms with Crippen molar-refractivity contribution in [2.75, 3.05) is 46.2 Å². The van der Waals surface area contributed by atoms with Gasteiger partial charge in [0.05, 0.1) is 108 Å². The van der Waals surface area contributed by atoms with Gasteiger partial charge in [-0.1, -0.05) is 60.1 Å². The van der Waals surface area contributed by atoms with Gasteiger partial charge in [0.25, 0.3) is 0 Å². The smallest absolute Gasteiger partial charge is 0.321 e. The quantitative estimate of drug-likeness (QED) is 0.0137. The highest BCUT2D eigenvalue weighted by Gasteiger charge is 2.74. The molecule has 15 rings (SSSR count). The molecule has 4 saturated carbocycles. The van der Waals surface area contributed by atoms with Crippen molar-refractivity contribution >= 4 is 17.9 Å². The van der Waals surface area contributed by atoms with Crippen LogP contribution in [0.1, 0.15) is 161 Å². The highest BCUT2D eigenvalue weighted by Crippen LogP contribution is 2.77. The fourth-order valence-corrected chi connectivity index (χ4v) is 25.6. The molecule has 0 aromatic rings. The van der Waals surface area contributed by atoms with Gasteiger partial charge in [0, 0.05) is 0 Å². The average molecular weight is 2110 g/mol. The molecule has 14 fully saturated rings. The van der Waals surface area contributed by atoms with Crippen LogP contribution in [0.3, 0.4) is 0 Å². The lowest BCUT2D eigenvalue weighted by Crippen LogP contribution is -2.69. The van der Waals surface area contributed by atoms with Gasteiger partial charge in [-0.3, -0.25) is 14.4 Å². The Kier molecular flexibility index (Phi) is 36.3. The minimum atomic E-state index is -2.28. The first-order valence-corrected chi connectivity index (χ1v) is 50.6. The molecule has 0 amide bonds. The van der Waals surface area contributed by atoms with Crippen molar-refractivity contribution in [3.05, 3.63) is 11.6 Å². The van der Waals surface area contributed by atoms with Gasteiger partial charge < -0.3 is 237 Å². The number of carbonyl (C=O) groups excluding carboxylic acids is 3. The molecule has 146 heavy (non-hydrogen) atoms. The first-order valence-electron chi connectivity index (χ1n) is 50.6. The van der Waals surface area contributed by atoms with E-state index in [2.05, 4.69) is 20.8 Å². The molecular formula is C95H154O51. The second-order valence-corrected chi connectivity index (χ2v) is 44.9. The largest absolute Gasteiger partial charge is 0.457 e. The first-order chi connectivity index (χ1) is 68.4. The Morgan fingerprint density at radius 2 is 0.863 bits per heavy atom. The van der Waals surface area contributed by atoms with E-state index in [0.717, 1.165) is 0 Å². The van der Waals surface area contributed by atoms with E-state index in [0.29, 0.717) is 44.1 Å². The SMILES string of the molecule is CC(CC(=O)O[C@H]1[C@H](O)[C@H](O)[C@H](OC(C)CC(=O)O[C@H]2[C@H](O[C@H]3OC[C@](O)(CO)[C@H]3O)[C@H](O)[C@H](OC(=O)[C@]34CCC(C)(C)C=C3[C@H]3CCC5[C@@]6(C)CC[C@H](O[C@@H]7O[C@H](CO[C@@H]8OC[C@@H](O)[C@H](O)[C@H]8O)[C@@H](O)[C@H](O)[C@H]7O[C@@H]7O[C@H](CO)[C@@H](O)[C@H](O[C@@H]8O[C@H](C)[C@@H](O[C@@H]9O[C@H](CO)[C@@H](O)[C@H](O)[C@@H]9O)[C@H](O[C@@H]9OC[C@@H](O)[C@H](O)[C@H]9O)[C@@H]8O)[C@H]7O)C(C)(C)[C@@H]6CC[C@@]5(C)[C@]3(C)C[C@H]4O)O[C@@H]2C)O[C@@H]1C)O[C@@H]1O[C@H](C)[C@@H](O)[C@H](O)[C@@H]1O. The number of carbonyl (C=O) groups is 3. The molecule has 3 unspecified atom stereocenters. The van der Waals surface area contributed by atoms with Crippen molar-refractivity contribution in [2.24, 2.45) is 50.2 Å². The van der Waals surface area contributed by atoms with E-state index in [9.17, 15) is 142 Å². The van der Waals surface area contributed by atoms with E-state index in [-0.39, 0.29) is 31.1 Å². The molecule has 51 nitrogen and oxygen atoms in total. The number of fused-ring (bicyclic) bond motifs is 7. The van der Waals surface area contributed by atoms with E-state index in [1.165, 1.54) is 41.5 Å². The number of allylic oxidation sites excluding steroid dienone is 1. The van der Waals surface area contributed by atoms with E-state index in [1.54, 1.807) is 0 Å². The van der Waals surface area contributed by atoms with Crippen LogP contribution in [-0.2, 0) is 119 Å². The summed E-state index contributed by atoms with van der Waals surface area (Å²) in [7, 11) is 0. The highest BCUT2D eigenvalue weighted by molar-refractivity contribution is 5.83. The molecule has 0 radical (unpaired) electrons. The minimum absolute atomic E-state index is 0.0651. The Hall–Kier alpha value is -3.65. The number of hydrogen-bond donors (Lipinski definition) is 26. The molecule has 10 saturated heterocycles. The summed E-state index contributed by atoms with van der Waals surface area (Å²) < 4.78 is 132. The predicted molar refractivity (Wildman–Crippen MR) is 477 cm³/mol. The van der Waals surface area contributed by atoms with Crippen molar-refractivity contribution in [3.8, 4) is 0 Å². The van der Waals surface area contributed by atoms with Crippen LogP contribution in [0.15, 0.2) is 11.6 Å². The number of ether oxygens (including phenoxy) is 22. The van der Waals surface area contributed by atoms with Gasteiger partial charge in [-0.2, -0.15) is 0 Å². The molecule has 0 bridgehead atoms. The van der Waals surface area contributed by atoms with E-state index in [1.807, 2.05) is 33.8 Å². The van der Waals surface area contributed by atoms with Crippen LogP contribution in [0.4, 0.5) is 0 Å². The summed E-state index contributed by atoms with van der Waals surface area (Å²) in [4.78, 5) is 43.4. The molecule has 10 aliphatic heterocycles. The third-order valence-corrected chi connectivity index (χ3v) is 34.4. The number of aliphatic hydroxyl groups is 26. The Balaban J connectivity index is 0.630. The number of esters is 3. The molecule has 0 spiro atoms. The minimum Gasteiger partial charge on any atom is -0.457 e. The summed E-state index contributed by atoms with van der Waals surface area (Å²) in [5.74, 6) is -3.65. The molecule has 57 atom stereocenters. The molecule has 0 aromatic heterocycles. The van der Waals surface area contributed by atoms with Crippen molar-refractivity contribution in [1.82, 2.24) is 0 Å². The number of hydrogen-bond acceptors (Lipinski definition) is 51. The standard InChI is InChI=1S/C95H154O51/c1-33(129-80-64(116)58(110)52(104)35(3)131-80)22-50(102)139-70-36(4)132-81(66(118)61(70)113)130-34(2)23-51(103)140-71-37(5)134-84(69(121)74(71)144-87-77(122)94(124,31-98)32-128-87)146-88(123)95-21-20-89(7,8)24-40(95)39-14-15-47-91(11)18-17-49(90(9,10)46(91)16-19-92(47,12)93(39,13)25-48(95)101)138-86-76(60(112)56(108)45(137-86)30-127-78-62(114)53(105)41(99)28-125-78)145-85-67(119)73(57(109)44(27-97)136-85)142-83-68(120)75(143-79-63(115)54(106)42(100)29-126-79)72(38(6)133-83)141-82-65(117)59(111)55(107)43(26-96)135-82/h24,33-39,41-49,52-87,96-101,104-122,124H,14-23,25-32H2,1-13H3/t33?,34?,35-,36-,37-,38-,39-,41-,42-,43-,44-,45-,46+,47?,48-,49+,52-,53+,54+,55-,56-,57-,58+,59+,60+,61-,62-,63-,64+,65+,66+,67-,68+,69+,70-,71-,72-,73+,74-,75-,76-,77+,78+,79+,80-,81-,82+,83+,84+,85+,86+,87-,91+,92-,93-,94-,95-/m1/s1. The summed E-state index contributed by atoms with van der Waals surface area (Å²) >= 11 is 0. The zero-order valence-corrected chi connectivity index (χ0v) is 83.7. The third kappa shape index (κ3) is 22.1. The van der Waals surface area contributed by atoms with E-state index in [4.69, 9.17) is 104 Å². The van der Waals surface area contributed by atoms with E-state index >= 15 is 4.79 Å². The Morgan fingerprint density at radius 3 is 1.49 bits per heavy atom. The summed E-state index contributed by atoms with van der Waals surface area (Å²) in [6, 6.07) is 0. The zero-order chi connectivity index (χ0) is 107. The van der Waals surface area contributed by atoms with Crippen LogP contribution in [-0.4, -0.2) is 503 Å². The lowest BCUT2D eigenvalue weighted by atomic mass is 9.32. The fraction of sp³-hybridized carbons (Fsp3) is 0.947. The lowest BCUT2D eigenvalue weighted by Gasteiger charge is -2.73. The van der Waals surface area contributed by atoms with Crippen LogP contribution < -0.4 is 0 Å². The normalized spacial score (nSPS) is 52.2. The Labute approximate surface area is 841 Å².